The molecule has 1 aliphatic rings. The number of anilines is 1. The van der Waals surface area contributed by atoms with Crippen LogP contribution in [0.2, 0.25) is 0 Å². The fourth-order valence-corrected chi connectivity index (χ4v) is 6.27. The zero-order chi connectivity index (χ0) is 23.1. The first kappa shape index (κ1) is 24.8. The van der Waals surface area contributed by atoms with Crippen molar-refractivity contribution in [2.24, 2.45) is 5.92 Å². The lowest BCUT2D eigenvalue weighted by molar-refractivity contribution is -0.118. The number of urea groups is 1. The molecular formula is C25H35N3O2S2. The topological polar surface area (TPSA) is 62.3 Å². The number of benzene rings is 1. The van der Waals surface area contributed by atoms with Gasteiger partial charge in [-0.15, -0.1) is 0 Å². The maximum absolute atomic E-state index is 13.3. The van der Waals surface area contributed by atoms with Crippen molar-refractivity contribution in [3.63, 3.8) is 0 Å². The number of nitrogens with one attached hydrogen (secondary N) is 1. The maximum Gasteiger partial charge on any atom is 0.323 e. The van der Waals surface area contributed by atoms with Gasteiger partial charge in [0.1, 0.15) is 5.78 Å². The molecule has 7 heteroatoms. The Hall–Kier alpha value is -1.86. The first-order valence-corrected chi connectivity index (χ1v) is 13.2. The van der Waals surface area contributed by atoms with E-state index in [1.54, 1.807) is 13.1 Å². The third kappa shape index (κ3) is 7.07. The number of aryl methyl sites for hydroxylation is 1. The highest BCUT2D eigenvalue weighted by molar-refractivity contribution is 8.03. The van der Waals surface area contributed by atoms with Crippen LogP contribution in [0.15, 0.2) is 40.7 Å². The van der Waals surface area contributed by atoms with Crippen LogP contribution >= 0.6 is 23.1 Å². The Morgan fingerprint density at radius 2 is 1.88 bits per heavy atom. The van der Waals surface area contributed by atoms with Crippen LogP contribution in [0.4, 0.5) is 9.93 Å². The molecular weight excluding hydrogens is 438 g/mol. The molecule has 1 aromatic carbocycles. The van der Waals surface area contributed by atoms with E-state index < -0.39 is 4.75 Å². The van der Waals surface area contributed by atoms with E-state index in [1.807, 2.05) is 24.8 Å². The molecule has 2 amide bonds. The average Bonchev–Trinajstić information content (AvgIpc) is 3.18. The molecule has 1 saturated carbocycles. The van der Waals surface area contributed by atoms with E-state index in [2.05, 4.69) is 41.5 Å². The number of carbonyl (C=O) groups is 2. The van der Waals surface area contributed by atoms with Gasteiger partial charge in [0.15, 0.2) is 5.13 Å². The fourth-order valence-electron chi connectivity index (χ4n) is 3.95. The lowest BCUT2D eigenvalue weighted by Crippen LogP contribution is -2.45. The number of thioether (sulfide) groups is 1. The van der Waals surface area contributed by atoms with Crippen LogP contribution in [0.1, 0.15) is 65.4 Å². The van der Waals surface area contributed by atoms with Gasteiger partial charge in [0, 0.05) is 12.6 Å². The van der Waals surface area contributed by atoms with E-state index in [4.69, 9.17) is 0 Å². The molecule has 0 saturated heterocycles. The number of hydrogen-bond donors (Lipinski definition) is 1. The summed E-state index contributed by atoms with van der Waals surface area (Å²) in [5.41, 5.74) is 1.31. The van der Waals surface area contributed by atoms with E-state index in [0.29, 0.717) is 5.13 Å². The molecule has 3 rings (SSSR count). The number of thiazole rings is 1. The van der Waals surface area contributed by atoms with Gasteiger partial charge in [0.2, 0.25) is 0 Å². The Morgan fingerprint density at radius 3 is 2.53 bits per heavy atom. The van der Waals surface area contributed by atoms with Crippen LogP contribution in [-0.4, -0.2) is 39.0 Å². The average molecular weight is 474 g/mol. The molecule has 174 valence electrons. The molecule has 0 spiro atoms. The first-order chi connectivity index (χ1) is 15.2. The summed E-state index contributed by atoms with van der Waals surface area (Å²) in [5.74, 6) is 0.862. The van der Waals surface area contributed by atoms with Crippen molar-refractivity contribution < 1.29 is 9.59 Å². The summed E-state index contributed by atoms with van der Waals surface area (Å²) in [6.45, 7) is 8.47. The summed E-state index contributed by atoms with van der Waals surface area (Å²) in [7, 11) is 0. The van der Waals surface area contributed by atoms with E-state index in [9.17, 15) is 9.59 Å². The third-order valence-corrected chi connectivity index (χ3v) is 8.61. The molecule has 0 aliphatic heterocycles. The van der Waals surface area contributed by atoms with E-state index >= 15 is 0 Å². The quantitative estimate of drug-likeness (QED) is 0.414. The molecule has 0 bridgehead atoms. The lowest BCUT2D eigenvalue weighted by Gasteiger charge is -2.36. The van der Waals surface area contributed by atoms with Crippen molar-refractivity contribution in [1.29, 1.82) is 0 Å². The van der Waals surface area contributed by atoms with E-state index in [-0.39, 0.29) is 17.9 Å². The van der Waals surface area contributed by atoms with Crippen LogP contribution in [-0.2, 0) is 11.2 Å². The zero-order valence-corrected chi connectivity index (χ0v) is 21.2. The molecule has 5 nitrogen and oxygen atoms in total. The summed E-state index contributed by atoms with van der Waals surface area (Å²) in [6.07, 6.45) is 8.12. The van der Waals surface area contributed by atoms with Crippen molar-refractivity contribution in [2.75, 3.05) is 11.9 Å². The largest absolute Gasteiger partial charge is 0.323 e. The molecule has 1 heterocycles. The predicted octanol–water partition coefficient (Wildman–Crippen LogP) is 6.65. The monoisotopic (exact) mass is 473 g/mol. The van der Waals surface area contributed by atoms with Crippen molar-refractivity contribution in [3.05, 3.63) is 42.1 Å². The van der Waals surface area contributed by atoms with Gasteiger partial charge in [0.25, 0.3) is 0 Å². The van der Waals surface area contributed by atoms with Crippen LogP contribution < -0.4 is 5.32 Å². The SMILES string of the molecule is CC(=O)C(C)(C)Sc1cnc(NC(=O)N(CCCc2ccccc2)C2CCC(C)CC2)s1. The number of Topliss-reactive ketones (excluding diaryl/α,β-unsaturated/α-hetero) is 1. The van der Waals surface area contributed by atoms with Gasteiger partial charge in [-0.05, 0) is 70.8 Å². The second-order valence-electron chi connectivity index (χ2n) is 9.28. The molecule has 1 fully saturated rings. The van der Waals surface area contributed by atoms with Crippen molar-refractivity contribution in [1.82, 2.24) is 9.88 Å². The van der Waals surface area contributed by atoms with Gasteiger partial charge in [-0.1, -0.05) is 60.4 Å². The first-order valence-electron chi connectivity index (χ1n) is 11.5. The Labute approximate surface area is 200 Å². The maximum atomic E-state index is 13.3. The number of amides is 2. The summed E-state index contributed by atoms with van der Waals surface area (Å²) < 4.78 is 0.429. The second-order valence-corrected chi connectivity index (χ2v) is 12.2. The number of rotatable bonds is 9. The van der Waals surface area contributed by atoms with Crippen LogP contribution in [0.3, 0.4) is 0 Å². The Bertz CT molecular complexity index is 890. The highest BCUT2D eigenvalue weighted by atomic mass is 32.2. The van der Waals surface area contributed by atoms with Gasteiger partial charge >= 0.3 is 6.03 Å². The van der Waals surface area contributed by atoms with Gasteiger partial charge in [-0.2, -0.15) is 0 Å². The van der Waals surface area contributed by atoms with Gasteiger partial charge < -0.3 is 4.90 Å². The van der Waals surface area contributed by atoms with Gasteiger partial charge in [-0.25, -0.2) is 9.78 Å². The van der Waals surface area contributed by atoms with Gasteiger partial charge in [-0.3, -0.25) is 10.1 Å². The standard InChI is InChI=1S/C25H35N3O2S2/c1-18-12-14-21(15-13-18)28(16-8-11-20-9-6-5-7-10-20)24(30)27-23-26-17-22(31-23)32-25(3,4)19(2)29/h5-7,9-10,17-18,21H,8,11-16H2,1-4H3,(H,26,27,30). The minimum Gasteiger partial charge on any atom is -0.321 e. The summed E-state index contributed by atoms with van der Waals surface area (Å²) >= 11 is 2.92. The second kappa shape index (κ2) is 11.3. The molecule has 0 atom stereocenters. The Morgan fingerprint density at radius 1 is 1.19 bits per heavy atom. The minimum absolute atomic E-state index is 0.0608. The summed E-state index contributed by atoms with van der Waals surface area (Å²) in [4.78, 5) is 31.5. The summed E-state index contributed by atoms with van der Waals surface area (Å²) in [5, 5.41) is 3.62. The molecule has 32 heavy (non-hydrogen) atoms. The number of carbonyl (C=O) groups excluding carboxylic acids is 2. The Kier molecular flexibility index (Phi) is 8.77. The summed E-state index contributed by atoms with van der Waals surface area (Å²) in [6, 6.07) is 10.7. The smallest absolute Gasteiger partial charge is 0.321 e. The zero-order valence-electron chi connectivity index (χ0n) is 19.6. The highest BCUT2D eigenvalue weighted by Gasteiger charge is 2.29. The number of nitrogens with zero attached hydrogens (tertiary/aromatic N) is 2. The number of hydrogen-bond acceptors (Lipinski definition) is 5. The van der Waals surface area contributed by atoms with Crippen molar-refractivity contribution in [2.45, 2.75) is 81.2 Å². The molecule has 2 aromatic rings. The van der Waals surface area contributed by atoms with Crippen LogP contribution in [0.5, 0.6) is 0 Å². The van der Waals surface area contributed by atoms with Crippen molar-refractivity contribution in [3.8, 4) is 0 Å². The Balaban J connectivity index is 1.63. The fraction of sp³-hybridized carbons (Fsp3) is 0.560. The minimum atomic E-state index is -0.504. The van der Waals surface area contributed by atoms with Crippen LogP contribution in [0.25, 0.3) is 0 Å². The lowest BCUT2D eigenvalue weighted by atomic mass is 9.86. The predicted molar refractivity (Wildman–Crippen MR) is 135 cm³/mol. The molecule has 1 aliphatic carbocycles. The van der Waals surface area contributed by atoms with E-state index in [1.165, 1.54) is 41.5 Å². The normalized spacial score (nSPS) is 18.9. The number of ketones is 1. The molecule has 1 aromatic heterocycles. The number of aromatic nitrogens is 1. The van der Waals surface area contributed by atoms with Crippen molar-refractivity contribution >= 4 is 40.0 Å². The van der Waals surface area contributed by atoms with Gasteiger partial charge in [0.05, 0.1) is 15.2 Å². The molecule has 1 N–H and O–H groups in total. The third-order valence-electron chi connectivity index (χ3n) is 6.30. The molecule has 0 radical (unpaired) electrons. The van der Waals surface area contributed by atoms with E-state index in [0.717, 1.165) is 42.4 Å². The highest BCUT2D eigenvalue weighted by Crippen LogP contribution is 2.38. The molecule has 0 unspecified atom stereocenters. The van der Waals surface area contributed by atoms with Crippen LogP contribution in [0, 0.1) is 5.92 Å².